The minimum absolute atomic E-state index is 0.157. The number of fused-ring (bicyclic) bond motifs is 2. The molecule has 3 atom stereocenters. The van der Waals surface area contributed by atoms with E-state index in [9.17, 15) is 0 Å². The number of nitrogens with one attached hydrogen (secondary N) is 1. The first-order valence-electron chi connectivity index (χ1n) is 7.07. The smallest absolute Gasteiger partial charge is 0.113 e. The van der Waals surface area contributed by atoms with E-state index in [1.165, 1.54) is 11.3 Å². The lowest BCUT2D eigenvalue weighted by molar-refractivity contribution is -0.125. The van der Waals surface area contributed by atoms with E-state index in [2.05, 4.69) is 28.9 Å². The second kappa shape index (κ2) is 4.89. The zero-order valence-corrected chi connectivity index (χ0v) is 12.0. The van der Waals surface area contributed by atoms with Crippen molar-refractivity contribution in [3.8, 4) is 0 Å². The number of aryl methyl sites for hydroxylation is 1. The summed E-state index contributed by atoms with van der Waals surface area (Å²) in [4.78, 5) is 0. The van der Waals surface area contributed by atoms with Gasteiger partial charge in [0.1, 0.15) is 5.60 Å². The Balaban J connectivity index is 2.00. The van der Waals surface area contributed by atoms with E-state index < -0.39 is 0 Å². The molecule has 3 rings (SSSR count). The van der Waals surface area contributed by atoms with Gasteiger partial charge in [-0.1, -0.05) is 0 Å². The topological polar surface area (TPSA) is 48.3 Å². The maximum atomic E-state index is 6.33. The van der Waals surface area contributed by atoms with Gasteiger partial charge in [-0.25, -0.2) is 0 Å². The quantitative estimate of drug-likeness (QED) is 0.877. The highest BCUT2D eigenvalue weighted by Gasteiger charge is 2.45. The zero-order chi connectivity index (χ0) is 13.5. The van der Waals surface area contributed by atoms with Gasteiger partial charge in [-0.3, -0.25) is 4.68 Å². The molecule has 19 heavy (non-hydrogen) atoms. The van der Waals surface area contributed by atoms with E-state index in [1.807, 2.05) is 6.20 Å². The Bertz CT molecular complexity index is 460. The van der Waals surface area contributed by atoms with Crippen LogP contribution in [0.2, 0.25) is 0 Å². The molecule has 1 spiro atoms. The highest BCUT2D eigenvalue weighted by Crippen LogP contribution is 2.42. The van der Waals surface area contributed by atoms with Gasteiger partial charge in [0.2, 0.25) is 0 Å². The third-order valence-corrected chi connectivity index (χ3v) is 4.32. The van der Waals surface area contributed by atoms with Crippen LogP contribution in [-0.2, 0) is 15.1 Å². The summed E-state index contributed by atoms with van der Waals surface area (Å²) in [5, 5.41) is 8.07. The van der Waals surface area contributed by atoms with Crippen LogP contribution in [0.5, 0.6) is 0 Å². The van der Waals surface area contributed by atoms with Crippen LogP contribution in [0.3, 0.4) is 0 Å². The Kier molecular flexibility index (Phi) is 3.37. The molecule has 1 aromatic rings. The molecule has 5 heteroatoms. The van der Waals surface area contributed by atoms with E-state index in [-0.39, 0.29) is 11.6 Å². The summed E-state index contributed by atoms with van der Waals surface area (Å²) >= 11 is 0. The Morgan fingerprint density at radius 1 is 1.63 bits per heavy atom. The van der Waals surface area contributed by atoms with Crippen LogP contribution in [0, 0.1) is 6.92 Å². The molecular formula is C14H23N3O2. The van der Waals surface area contributed by atoms with Crippen LogP contribution < -0.4 is 5.32 Å². The van der Waals surface area contributed by atoms with E-state index in [4.69, 9.17) is 9.47 Å². The second-order valence-corrected chi connectivity index (χ2v) is 5.84. The predicted octanol–water partition coefficient (Wildman–Crippen LogP) is 1.38. The van der Waals surface area contributed by atoms with Crippen molar-refractivity contribution in [3.05, 3.63) is 17.5 Å². The van der Waals surface area contributed by atoms with Gasteiger partial charge < -0.3 is 14.8 Å². The minimum atomic E-state index is -0.157. The molecule has 0 amide bonds. The molecule has 0 radical (unpaired) electrons. The first kappa shape index (κ1) is 13.1. The van der Waals surface area contributed by atoms with Crippen LogP contribution in [0.1, 0.15) is 37.1 Å². The van der Waals surface area contributed by atoms with Gasteiger partial charge >= 0.3 is 0 Å². The van der Waals surface area contributed by atoms with Crippen molar-refractivity contribution in [1.82, 2.24) is 15.1 Å². The van der Waals surface area contributed by atoms with Crippen molar-refractivity contribution in [2.45, 2.75) is 44.4 Å². The van der Waals surface area contributed by atoms with Gasteiger partial charge in [-0.15, -0.1) is 0 Å². The molecule has 5 nitrogen and oxygen atoms in total. The molecule has 0 bridgehead atoms. The summed E-state index contributed by atoms with van der Waals surface area (Å²) in [6.45, 7) is 6.70. The fourth-order valence-corrected chi connectivity index (χ4v) is 3.53. The monoisotopic (exact) mass is 265 g/mol. The Hall–Kier alpha value is -0.910. The molecule has 1 saturated heterocycles. The van der Waals surface area contributed by atoms with Crippen LogP contribution >= 0.6 is 0 Å². The van der Waals surface area contributed by atoms with E-state index >= 15 is 0 Å². The molecular weight excluding hydrogens is 242 g/mol. The minimum Gasteiger partial charge on any atom is -0.382 e. The summed E-state index contributed by atoms with van der Waals surface area (Å²) in [6, 6.07) is 0.681. The van der Waals surface area contributed by atoms with Crippen molar-refractivity contribution in [2.24, 2.45) is 0 Å². The van der Waals surface area contributed by atoms with Gasteiger partial charge in [-0.2, -0.15) is 5.10 Å². The highest BCUT2D eigenvalue weighted by atomic mass is 16.5. The number of hydrogen-bond acceptors (Lipinski definition) is 4. The van der Waals surface area contributed by atoms with Crippen molar-refractivity contribution in [1.29, 1.82) is 0 Å². The second-order valence-electron chi connectivity index (χ2n) is 5.84. The predicted molar refractivity (Wildman–Crippen MR) is 72.2 cm³/mol. The van der Waals surface area contributed by atoms with Gasteiger partial charge in [0.25, 0.3) is 0 Å². The summed E-state index contributed by atoms with van der Waals surface area (Å²) < 4.78 is 13.8. The third kappa shape index (κ3) is 2.10. The van der Waals surface area contributed by atoms with Gasteiger partial charge in [0.05, 0.1) is 31.1 Å². The summed E-state index contributed by atoms with van der Waals surface area (Å²) in [5.41, 5.74) is 2.33. The average molecular weight is 265 g/mol. The zero-order valence-electron chi connectivity index (χ0n) is 12.0. The first-order valence-corrected chi connectivity index (χ1v) is 7.07. The van der Waals surface area contributed by atoms with Crippen molar-refractivity contribution < 1.29 is 9.47 Å². The van der Waals surface area contributed by atoms with Gasteiger partial charge in [-0.05, 0) is 38.8 Å². The molecule has 3 heterocycles. The van der Waals surface area contributed by atoms with Crippen LogP contribution in [0.25, 0.3) is 0 Å². The summed E-state index contributed by atoms with van der Waals surface area (Å²) in [6.07, 6.45) is 3.99. The van der Waals surface area contributed by atoms with E-state index in [0.717, 1.165) is 19.4 Å². The molecule has 0 saturated carbocycles. The van der Waals surface area contributed by atoms with Crippen LogP contribution in [-0.4, -0.2) is 42.7 Å². The highest BCUT2D eigenvalue weighted by molar-refractivity contribution is 5.26. The van der Waals surface area contributed by atoms with Gasteiger partial charge in [0.15, 0.2) is 0 Å². The maximum Gasteiger partial charge on any atom is 0.113 e. The fraction of sp³-hybridized carbons (Fsp3) is 0.786. The van der Waals surface area contributed by atoms with E-state index in [0.29, 0.717) is 19.3 Å². The lowest BCUT2D eigenvalue weighted by atomic mass is 9.82. The number of nitrogens with zero attached hydrogens (tertiary/aromatic N) is 2. The molecule has 3 unspecified atom stereocenters. The molecule has 1 aromatic heterocycles. The number of hydrogen-bond donors (Lipinski definition) is 1. The number of rotatable bonds is 2. The molecule has 2 aliphatic rings. The Labute approximate surface area is 114 Å². The van der Waals surface area contributed by atoms with Crippen LogP contribution in [0.4, 0.5) is 0 Å². The third-order valence-electron chi connectivity index (χ3n) is 4.32. The molecule has 2 aliphatic heterocycles. The Morgan fingerprint density at radius 3 is 3.21 bits per heavy atom. The van der Waals surface area contributed by atoms with Crippen LogP contribution in [0.15, 0.2) is 6.20 Å². The Morgan fingerprint density at radius 2 is 2.47 bits per heavy atom. The number of aromatic nitrogens is 2. The van der Waals surface area contributed by atoms with Gasteiger partial charge in [0, 0.05) is 13.2 Å². The standard InChI is InChI=1S/C14H23N3O2/c1-10-7-16-17-12(8-18-3)9-19-14(13(10)17)4-5-15-11(2)6-14/h7,11-12,15H,4-6,8-9H2,1-3H3. The molecule has 0 aromatic carbocycles. The van der Waals surface area contributed by atoms with E-state index in [1.54, 1.807) is 7.11 Å². The lowest BCUT2D eigenvalue weighted by Crippen LogP contribution is -2.51. The number of ether oxygens (including phenoxy) is 2. The largest absolute Gasteiger partial charge is 0.382 e. The SMILES string of the molecule is COCC1COC2(CCNC(C)C2)c2c(C)cnn21. The van der Waals surface area contributed by atoms with Crippen molar-refractivity contribution in [2.75, 3.05) is 26.9 Å². The van der Waals surface area contributed by atoms with Crippen molar-refractivity contribution in [3.63, 3.8) is 0 Å². The summed E-state index contributed by atoms with van der Waals surface area (Å²) in [7, 11) is 1.73. The number of methoxy groups -OCH3 is 1. The number of piperidine rings is 1. The molecule has 0 aliphatic carbocycles. The van der Waals surface area contributed by atoms with Crippen molar-refractivity contribution >= 4 is 0 Å². The molecule has 1 N–H and O–H groups in total. The first-order chi connectivity index (χ1) is 9.16. The lowest BCUT2D eigenvalue weighted by Gasteiger charge is -2.45. The average Bonchev–Trinajstić information content (AvgIpc) is 2.77. The summed E-state index contributed by atoms with van der Waals surface area (Å²) in [5.74, 6) is 0. The fourth-order valence-electron chi connectivity index (χ4n) is 3.53. The molecule has 106 valence electrons. The normalized spacial score (nSPS) is 34.5. The maximum absolute atomic E-state index is 6.33. The molecule has 1 fully saturated rings.